The van der Waals surface area contributed by atoms with Gasteiger partial charge in [0.15, 0.2) is 5.75 Å². The molecule has 0 saturated carbocycles. The molecule has 0 unspecified atom stereocenters. The van der Waals surface area contributed by atoms with E-state index in [4.69, 9.17) is 0 Å². The maximum atomic E-state index is 11.8. The Morgan fingerprint density at radius 3 is 1.71 bits per heavy atom. The second kappa shape index (κ2) is 13.0. The first kappa shape index (κ1) is 35.6. The summed E-state index contributed by atoms with van der Waals surface area (Å²) < 4.78 is 98.2. The van der Waals surface area contributed by atoms with Crippen LogP contribution in [0.15, 0.2) is 85.6 Å². The van der Waals surface area contributed by atoms with Crippen LogP contribution in [0.4, 0.5) is 11.4 Å². The fourth-order valence-corrected chi connectivity index (χ4v) is 5.29. The van der Waals surface area contributed by atoms with Gasteiger partial charge >= 0.3 is 88.7 Å². The van der Waals surface area contributed by atoms with Crippen LogP contribution < -0.4 is 88.7 Å². The van der Waals surface area contributed by atoms with E-state index >= 15 is 0 Å². The Kier molecular flexibility index (Phi) is 12.2. The third-order valence-electron chi connectivity index (χ3n) is 4.99. The molecule has 0 aromatic heterocycles. The van der Waals surface area contributed by atoms with Crippen molar-refractivity contribution >= 4 is 63.3 Å². The quantitative estimate of drug-likeness (QED) is 0.0964. The monoisotopic (exact) mass is 607 g/mol. The zero-order valence-electron chi connectivity index (χ0n) is 20.1. The van der Waals surface area contributed by atoms with Gasteiger partial charge in [0.2, 0.25) is 0 Å². The minimum atomic E-state index is -4.99. The molecule has 0 aliphatic heterocycles. The van der Waals surface area contributed by atoms with Crippen LogP contribution in [-0.4, -0.2) is 44.0 Å². The molecule has 4 aromatic carbocycles. The summed E-state index contributed by atoms with van der Waals surface area (Å²) in [5.74, 6) is -0.984. The Morgan fingerprint density at radius 2 is 1.16 bits per heavy atom. The Balaban J connectivity index is 0.00000241. The van der Waals surface area contributed by atoms with Gasteiger partial charge in [0.05, 0.1) is 10.6 Å². The normalized spacial score (nSPS) is 12.1. The van der Waals surface area contributed by atoms with Crippen LogP contribution in [0.5, 0.6) is 5.75 Å². The van der Waals surface area contributed by atoms with Gasteiger partial charge in [0.25, 0.3) is 30.4 Å². The van der Waals surface area contributed by atoms with Crippen LogP contribution >= 0.6 is 0 Å². The van der Waals surface area contributed by atoms with E-state index in [1.54, 1.807) is 6.07 Å². The molecule has 4 rings (SSSR count). The van der Waals surface area contributed by atoms with E-state index in [-0.39, 0.29) is 121 Å². The summed E-state index contributed by atoms with van der Waals surface area (Å²) in [5, 5.41) is 18.6. The van der Waals surface area contributed by atoms with Crippen molar-refractivity contribution in [2.75, 3.05) is 0 Å². The van der Waals surface area contributed by atoms with E-state index in [0.29, 0.717) is 0 Å². The van der Waals surface area contributed by atoms with Crippen LogP contribution in [0.25, 0.3) is 21.5 Å². The maximum Gasteiger partial charge on any atom is 1.00 e. The summed E-state index contributed by atoms with van der Waals surface area (Å²) in [6.45, 7) is 0. The van der Waals surface area contributed by atoms with Crippen molar-refractivity contribution in [3.05, 3.63) is 60.7 Å². The topological polar surface area (TPSA) is 208 Å². The van der Waals surface area contributed by atoms with Gasteiger partial charge in [0.1, 0.15) is 15.5 Å². The molecule has 0 heterocycles. The standard InChI is InChI=1S/C20H14N2O10S3.3Na/c23-20-18(35(30,31)32)10-11-9-12(33(24,25)26)5-6-13(11)19(20)22-21-16-7-8-17(34(27,28)29)15-4-2-1-3-14(15)16;;;/h1-10,23H,(H,24,25,26)(H,27,28,29)(H,30,31,32);;;/q;3*+1. The Labute approximate surface area is 283 Å². The number of nitrogens with zero attached hydrogens (tertiary/aromatic N) is 2. The first-order valence-electron chi connectivity index (χ1n) is 9.33. The maximum absolute atomic E-state index is 11.8. The molecule has 4 aromatic rings. The molecule has 4 N–H and O–H groups in total. The minimum Gasteiger partial charge on any atom is -0.504 e. The fourth-order valence-electron chi connectivity index (χ4n) is 3.46. The molecular formula is C20H14N2Na3O10S3+3. The van der Waals surface area contributed by atoms with Gasteiger partial charge in [-0.25, -0.2) is 0 Å². The summed E-state index contributed by atoms with van der Waals surface area (Å²) in [7, 11) is -14.2. The fraction of sp³-hybridized carbons (Fsp3) is 0. The van der Waals surface area contributed by atoms with Gasteiger partial charge in [0, 0.05) is 16.2 Å². The molecule has 0 atom stereocenters. The molecule has 0 aliphatic carbocycles. The summed E-state index contributed by atoms with van der Waals surface area (Å²) in [4.78, 5) is -1.95. The number of fused-ring (bicyclic) bond motifs is 2. The summed E-state index contributed by atoms with van der Waals surface area (Å²) in [6, 6.07) is 12.1. The molecule has 18 heteroatoms. The van der Waals surface area contributed by atoms with Crippen LogP contribution in [0, 0.1) is 0 Å². The van der Waals surface area contributed by atoms with Crippen molar-refractivity contribution in [1.29, 1.82) is 0 Å². The van der Waals surface area contributed by atoms with Gasteiger partial charge in [-0.2, -0.15) is 25.3 Å². The summed E-state index contributed by atoms with van der Waals surface area (Å²) in [6.07, 6.45) is 0. The van der Waals surface area contributed by atoms with Gasteiger partial charge in [-0.05, 0) is 35.7 Å². The molecule has 12 nitrogen and oxygen atoms in total. The van der Waals surface area contributed by atoms with E-state index in [1.165, 1.54) is 24.3 Å². The number of phenolic OH excluding ortho intramolecular Hbond substituents is 1. The summed E-state index contributed by atoms with van der Waals surface area (Å²) >= 11 is 0. The molecule has 0 spiro atoms. The number of aromatic hydroxyl groups is 1. The first-order valence-corrected chi connectivity index (χ1v) is 13.7. The number of phenols is 1. The van der Waals surface area contributed by atoms with E-state index in [0.717, 1.165) is 30.3 Å². The number of hydrogen-bond acceptors (Lipinski definition) is 9. The molecule has 38 heavy (non-hydrogen) atoms. The molecule has 0 bridgehead atoms. The third-order valence-corrected chi connectivity index (χ3v) is 7.62. The van der Waals surface area contributed by atoms with Crippen molar-refractivity contribution in [2.24, 2.45) is 10.2 Å². The Morgan fingerprint density at radius 1 is 0.579 bits per heavy atom. The van der Waals surface area contributed by atoms with Crippen molar-refractivity contribution in [3.8, 4) is 5.75 Å². The van der Waals surface area contributed by atoms with Crippen molar-refractivity contribution in [3.63, 3.8) is 0 Å². The van der Waals surface area contributed by atoms with Gasteiger partial charge in [-0.15, -0.1) is 10.2 Å². The number of rotatable bonds is 5. The van der Waals surface area contributed by atoms with Gasteiger partial charge in [-0.1, -0.05) is 30.3 Å². The van der Waals surface area contributed by atoms with Crippen LogP contribution in [0.3, 0.4) is 0 Å². The molecule has 182 valence electrons. The van der Waals surface area contributed by atoms with Crippen molar-refractivity contribution in [1.82, 2.24) is 0 Å². The number of hydrogen-bond donors (Lipinski definition) is 4. The SMILES string of the molecule is O=S(=O)(O)c1ccc2c(N=Nc3ccc(S(=O)(=O)O)c4ccccc34)c(O)c(S(=O)(=O)O)cc2c1.[Na+].[Na+].[Na+]. The molecular weight excluding hydrogens is 593 g/mol. The number of azo groups is 1. The largest absolute Gasteiger partial charge is 1.00 e. The third kappa shape index (κ3) is 7.43. The zero-order valence-corrected chi connectivity index (χ0v) is 28.6. The zero-order chi connectivity index (χ0) is 25.8. The second-order valence-electron chi connectivity index (χ2n) is 7.21. The van der Waals surface area contributed by atoms with Crippen molar-refractivity contribution in [2.45, 2.75) is 14.7 Å². The van der Waals surface area contributed by atoms with Gasteiger partial charge in [-0.3, -0.25) is 13.7 Å². The number of benzene rings is 4. The molecule has 0 fully saturated rings. The Bertz CT molecular complexity index is 1900. The average molecular weight is 608 g/mol. The Hall–Kier alpha value is -0.470. The molecule has 0 saturated heterocycles. The average Bonchev–Trinajstić information content (AvgIpc) is 2.75. The van der Waals surface area contributed by atoms with Gasteiger partial charge < -0.3 is 5.11 Å². The van der Waals surface area contributed by atoms with E-state index in [2.05, 4.69) is 10.2 Å². The first-order chi connectivity index (χ1) is 16.2. The van der Waals surface area contributed by atoms with Crippen molar-refractivity contribution < 1.29 is 133 Å². The van der Waals surface area contributed by atoms with E-state index < -0.39 is 51.6 Å². The smallest absolute Gasteiger partial charge is 0.504 e. The van der Waals surface area contributed by atoms with Crippen LogP contribution in [0.1, 0.15) is 0 Å². The van der Waals surface area contributed by atoms with E-state index in [1.807, 2.05) is 0 Å². The predicted molar refractivity (Wildman–Crippen MR) is 123 cm³/mol. The minimum absolute atomic E-state index is 0. The van der Waals surface area contributed by atoms with Crippen LogP contribution in [-0.2, 0) is 30.4 Å². The van der Waals surface area contributed by atoms with E-state index in [9.17, 15) is 44.0 Å². The molecule has 0 amide bonds. The van der Waals surface area contributed by atoms with Crippen LogP contribution in [0.2, 0.25) is 0 Å². The molecule has 0 aliphatic rings. The molecule has 0 radical (unpaired) electrons. The predicted octanol–water partition coefficient (Wildman–Crippen LogP) is -5.13. The summed E-state index contributed by atoms with van der Waals surface area (Å²) in [5.41, 5.74) is -0.382. The second-order valence-corrected chi connectivity index (χ2v) is 11.4.